The topological polar surface area (TPSA) is 80.5 Å². The molecule has 0 radical (unpaired) electrons. The van der Waals surface area contributed by atoms with Gasteiger partial charge in [-0.15, -0.1) is 0 Å². The third-order valence-corrected chi connectivity index (χ3v) is 4.94. The number of aryl methyl sites for hydroxylation is 1. The van der Waals surface area contributed by atoms with Crippen molar-refractivity contribution in [3.8, 4) is 0 Å². The summed E-state index contributed by atoms with van der Waals surface area (Å²) in [5.74, 6) is 0. The molecule has 0 aliphatic carbocycles. The van der Waals surface area contributed by atoms with Crippen molar-refractivity contribution in [2.45, 2.75) is 11.8 Å². The molecule has 0 saturated heterocycles. The number of benzene rings is 2. The van der Waals surface area contributed by atoms with Crippen LogP contribution in [0.4, 0.5) is 11.4 Å². The van der Waals surface area contributed by atoms with Gasteiger partial charge in [0.1, 0.15) is 0 Å². The van der Waals surface area contributed by atoms with Gasteiger partial charge in [-0.05, 0) is 25.1 Å². The lowest BCUT2D eigenvalue weighted by Crippen LogP contribution is -2.26. The highest BCUT2D eigenvalue weighted by Gasteiger charge is 2.24. The maximum absolute atomic E-state index is 12.5. The quantitative estimate of drug-likeness (QED) is 0.642. The average molecular weight is 306 g/mol. The Kier molecular flexibility index (Phi) is 3.95. The van der Waals surface area contributed by atoms with Crippen LogP contribution in [0, 0.1) is 17.0 Å². The molecule has 0 saturated carbocycles. The third kappa shape index (κ3) is 2.87. The van der Waals surface area contributed by atoms with Crippen molar-refractivity contribution < 1.29 is 13.3 Å². The van der Waals surface area contributed by atoms with Crippen LogP contribution < -0.4 is 4.31 Å². The molecule has 0 bridgehead atoms. The fraction of sp³-hybridized carbons (Fsp3) is 0.143. The zero-order valence-corrected chi connectivity index (χ0v) is 12.4. The van der Waals surface area contributed by atoms with Crippen LogP contribution in [0.1, 0.15) is 5.56 Å². The maximum atomic E-state index is 12.5. The number of hydrogen-bond donors (Lipinski definition) is 0. The Morgan fingerprint density at radius 3 is 2.29 bits per heavy atom. The molecule has 6 nitrogen and oxygen atoms in total. The fourth-order valence-electron chi connectivity index (χ4n) is 1.88. The van der Waals surface area contributed by atoms with Crippen molar-refractivity contribution in [1.82, 2.24) is 0 Å². The predicted octanol–water partition coefficient (Wildman–Crippen LogP) is 2.73. The summed E-state index contributed by atoms with van der Waals surface area (Å²) in [7, 11) is -2.42. The molecule has 0 spiro atoms. The zero-order chi connectivity index (χ0) is 15.6. The highest BCUT2D eigenvalue weighted by Crippen LogP contribution is 2.26. The lowest BCUT2D eigenvalue weighted by molar-refractivity contribution is -0.385. The van der Waals surface area contributed by atoms with Gasteiger partial charge in [0.05, 0.1) is 15.5 Å². The second-order valence-corrected chi connectivity index (χ2v) is 6.48. The van der Waals surface area contributed by atoms with E-state index in [-0.39, 0.29) is 10.6 Å². The number of nitro groups is 1. The van der Waals surface area contributed by atoms with E-state index in [1.165, 1.54) is 19.2 Å². The van der Waals surface area contributed by atoms with E-state index in [2.05, 4.69) is 0 Å². The molecule has 0 aliphatic rings. The van der Waals surface area contributed by atoms with Gasteiger partial charge >= 0.3 is 0 Å². The zero-order valence-electron chi connectivity index (χ0n) is 11.6. The number of nitrogens with zero attached hydrogens (tertiary/aromatic N) is 2. The lowest BCUT2D eigenvalue weighted by atomic mass is 10.2. The van der Waals surface area contributed by atoms with E-state index >= 15 is 0 Å². The van der Waals surface area contributed by atoms with Crippen LogP contribution in [0.2, 0.25) is 0 Å². The number of para-hydroxylation sites is 1. The monoisotopic (exact) mass is 306 g/mol. The first kappa shape index (κ1) is 15.0. The Hall–Kier alpha value is -2.41. The van der Waals surface area contributed by atoms with Gasteiger partial charge in [0.15, 0.2) is 0 Å². The third-order valence-electron chi connectivity index (χ3n) is 3.16. The van der Waals surface area contributed by atoms with Crippen molar-refractivity contribution >= 4 is 21.4 Å². The molecule has 0 N–H and O–H groups in total. The number of nitro benzene ring substituents is 1. The van der Waals surface area contributed by atoms with Gasteiger partial charge in [0.2, 0.25) is 0 Å². The molecule has 0 heterocycles. The van der Waals surface area contributed by atoms with Gasteiger partial charge in [0, 0.05) is 18.7 Å². The molecule has 0 aliphatic heterocycles. The molecule has 0 aromatic heterocycles. The Morgan fingerprint density at radius 2 is 1.71 bits per heavy atom. The first-order valence-corrected chi connectivity index (χ1v) is 7.57. The summed E-state index contributed by atoms with van der Waals surface area (Å²) < 4.78 is 26.1. The van der Waals surface area contributed by atoms with E-state index in [0.29, 0.717) is 11.3 Å². The van der Waals surface area contributed by atoms with Crippen LogP contribution in [-0.2, 0) is 10.0 Å². The van der Waals surface area contributed by atoms with Gasteiger partial charge in [-0.25, -0.2) is 8.42 Å². The minimum Gasteiger partial charge on any atom is -0.269 e. The first-order valence-electron chi connectivity index (χ1n) is 6.13. The van der Waals surface area contributed by atoms with Crippen LogP contribution in [-0.4, -0.2) is 20.4 Å². The number of hydrogen-bond acceptors (Lipinski definition) is 4. The number of rotatable bonds is 4. The van der Waals surface area contributed by atoms with Gasteiger partial charge in [0.25, 0.3) is 15.7 Å². The van der Waals surface area contributed by atoms with Gasteiger partial charge in [-0.3, -0.25) is 14.4 Å². The van der Waals surface area contributed by atoms with Crippen molar-refractivity contribution in [1.29, 1.82) is 0 Å². The minimum atomic E-state index is -3.84. The standard InChI is InChI=1S/C14H14N2O4S/c1-11-8-9-13(10-14(11)16(17)18)21(19,20)15(2)12-6-4-3-5-7-12/h3-10H,1-2H3. The normalized spacial score (nSPS) is 11.1. The Balaban J connectivity index is 2.50. The molecule has 2 aromatic rings. The van der Waals surface area contributed by atoms with E-state index in [4.69, 9.17) is 0 Å². The van der Waals surface area contributed by atoms with Crippen LogP contribution >= 0.6 is 0 Å². The summed E-state index contributed by atoms with van der Waals surface area (Å²) in [5.41, 5.74) is 0.694. The Bertz CT molecular complexity index is 773. The van der Waals surface area contributed by atoms with Crippen molar-refractivity contribution in [2.24, 2.45) is 0 Å². The minimum absolute atomic E-state index is 0.105. The summed E-state index contributed by atoms with van der Waals surface area (Å²) in [6.45, 7) is 1.56. The summed E-state index contributed by atoms with van der Waals surface area (Å²) in [5, 5.41) is 10.9. The molecule has 110 valence electrons. The SMILES string of the molecule is Cc1ccc(S(=O)(=O)N(C)c2ccccc2)cc1[N+](=O)[O-]. The molecule has 0 fully saturated rings. The lowest BCUT2D eigenvalue weighted by Gasteiger charge is -2.19. The summed E-state index contributed by atoms with van der Waals surface area (Å²) in [6, 6.07) is 12.4. The summed E-state index contributed by atoms with van der Waals surface area (Å²) >= 11 is 0. The maximum Gasteiger partial charge on any atom is 0.273 e. The van der Waals surface area contributed by atoms with Crippen molar-refractivity contribution in [3.63, 3.8) is 0 Å². The molecule has 0 unspecified atom stereocenters. The largest absolute Gasteiger partial charge is 0.273 e. The molecule has 2 rings (SSSR count). The molecule has 0 atom stereocenters. The molecule has 2 aromatic carbocycles. The van der Waals surface area contributed by atoms with E-state index in [1.54, 1.807) is 37.3 Å². The van der Waals surface area contributed by atoms with E-state index < -0.39 is 14.9 Å². The smallest absolute Gasteiger partial charge is 0.269 e. The van der Waals surface area contributed by atoms with E-state index in [0.717, 1.165) is 10.4 Å². The van der Waals surface area contributed by atoms with Crippen molar-refractivity contribution in [3.05, 3.63) is 64.2 Å². The molecular weight excluding hydrogens is 292 g/mol. The fourth-order valence-corrected chi connectivity index (χ4v) is 3.10. The van der Waals surface area contributed by atoms with E-state index in [1.807, 2.05) is 0 Å². The van der Waals surface area contributed by atoms with E-state index in [9.17, 15) is 18.5 Å². The predicted molar refractivity (Wildman–Crippen MR) is 79.9 cm³/mol. The highest BCUT2D eigenvalue weighted by molar-refractivity contribution is 7.92. The van der Waals surface area contributed by atoms with Crippen molar-refractivity contribution in [2.75, 3.05) is 11.4 Å². The van der Waals surface area contributed by atoms with Crippen LogP contribution in [0.25, 0.3) is 0 Å². The van der Waals surface area contributed by atoms with Crippen LogP contribution in [0.15, 0.2) is 53.4 Å². The second-order valence-electron chi connectivity index (χ2n) is 4.51. The van der Waals surface area contributed by atoms with Crippen LogP contribution in [0.5, 0.6) is 0 Å². The number of anilines is 1. The number of sulfonamides is 1. The average Bonchev–Trinajstić information content (AvgIpc) is 2.47. The molecular formula is C14H14N2O4S. The Labute approximate surface area is 122 Å². The summed E-state index contributed by atoms with van der Waals surface area (Å²) in [4.78, 5) is 10.2. The molecule has 0 amide bonds. The van der Waals surface area contributed by atoms with Crippen LogP contribution in [0.3, 0.4) is 0 Å². The molecule has 7 heteroatoms. The highest BCUT2D eigenvalue weighted by atomic mass is 32.2. The van der Waals surface area contributed by atoms with Gasteiger partial charge in [-0.1, -0.05) is 24.3 Å². The Morgan fingerprint density at radius 1 is 1.10 bits per heavy atom. The second kappa shape index (κ2) is 5.53. The molecule has 21 heavy (non-hydrogen) atoms. The van der Waals surface area contributed by atoms with Gasteiger partial charge in [-0.2, -0.15) is 0 Å². The summed E-state index contributed by atoms with van der Waals surface area (Å²) in [6.07, 6.45) is 0. The first-order chi connectivity index (χ1) is 9.84. The van der Waals surface area contributed by atoms with Gasteiger partial charge < -0.3 is 0 Å².